The summed E-state index contributed by atoms with van der Waals surface area (Å²) in [4.78, 5) is 0. The van der Waals surface area contributed by atoms with Crippen molar-refractivity contribution in [1.29, 1.82) is 0 Å². The van der Waals surface area contributed by atoms with Gasteiger partial charge < -0.3 is 0 Å². The Labute approximate surface area is 127 Å². The van der Waals surface area contributed by atoms with Crippen molar-refractivity contribution in [2.45, 2.75) is 12.8 Å². The Kier molecular flexibility index (Phi) is 3.56. The summed E-state index contributed by atoms with van der Waals surface area (Å²) in [5.74, 6) is 0. The molecule has 0 bridgehead atoms. The van der Waals surface area contributed by atoms with Crippen LogP contribution in [0.5, 0.6) is 0 Å². The molecule has 1 heterocycles. The lowest BCUT2D eigenvalue weighted by molar-refractivity contribution is 0.601. The molecule has 0 N–H and O–H groups in total. The molecule has 0 fully saturated rings. The quantitative estimate of drug-likeness (QED) is 0.775. The number of aryl methyl sites for hydroxylation is 2. The molecule has 3 nitrogen and oxygen atoms in total. The van der Waals surface area contributed by atoms with Crippen LogP contribution in [0.3, 0.4) is 0 Å². The zero-order valence-electron chi connectivity index (χ0n) is 10.8. The summed E-state index contributed by atoms with van der Waals surface area (Å²) in [5, 5.41) is 0. The first-order valence-corrected chi connectivity index (χ1v) is 9.11. The largest absolute Gasteiger partial charge is 0.249 e. The first-order chi connectivity index (χ1) is 9.63. The third-order valence-electron chi connectivity index (χ3n) is 3.50. The van der Waals surface area contributed by atoms with Gasteiger partial charge in [-0.05, 0) is 36.1 Å². The van der Waals surface area contributed by atoms with E-state index in [1.54, 1.807) is 0 Å². The zero-order valence-corrected chi connectivity index (χ0v) is 13.2. The Morgan fingerprint density at radius 3 is 1.80 bits per heavy atom. The van der Waals surface area contributed by atoms with E-state index in [9.17, 15) is 8.42 Å². The van der Waals surface area contributed by atoms with Gasteiger partial charge in [-0.2, -0.15) is 0 Å². The lowest BCUT2D eigenvalue weighted by atomic mass is 10.0. The number of anilines is 2. The molecule has 1 aliphatic rings. The molecule has 3 rings (SSSR count). The van der Waals surface area contributed by atoms with Gasteiger partial charge in [-0.3, -0.25) is 0 Å². The van der Waals surface area contributed by atoms with Crippen LogP contribution in [0, 0.1) is 0 Å². The molecule has 104 valence electrons. The predicted octanol–water partition coefficient (Wildman–Crippen LogP) is 3.61. The molecule has 0 aliphatic carbocycles. The highest BCUT2D eigenvalue weighted by Crippen LogP contribution is 2.38. The van der Waals surface area contributed by atoms with E-state index in [1.165, 1.54) is 4.31 Å². The minimum atomic E-state index is -3.42. The van der Waals surface area contributed by atoms with Crippen molar-refractivity contribution in [2.24, 2.45) is 0 Å². The van der Waals surface area contributed by atoms with Crippen LogP contribution in [0.1, 0.15) is 11.1 Å². The van der Waals surface area contributed by atoms with E-state index < -0.39 is 10.0 Å². The molecular formula is C15H14BrNO2S. The monoisotopic (exact) mass is 351 g/mol. The number of nitrogens with zero attached hydrogens (tertiary/aromatic N) is 1. The number of sulfonamides is 1. The lowest BCUT2D eigenvalue weighted by Crippen LogP contribution is -2.27. The first-order valence-electron chi connectivity index (χ1n) is 6.38. The van der Waals surface area contributed by atoms with Gasteiger partial charge >= 0.3 is 0 Å². The van der Waals surface area contributed by atoms with Crippen LogP contribution in [-0.2, 0) is 22.9 Å². The highest BCUT2D eigenvalue weighted by molar-refractivity contribution is 9.10. The van der Waals surface area contributed by atoms with Crippen LogP contribution in [0.15, 0.2) is 48.5 Å². The van der Waals surface area contributed by atoms with Crippen molar-refractivity contribution in [1.82, 2.24) is 0 Å². The molecule has 1 aliphatic heterocycles. The SMILES string of the molecule is O=S(=O)(CBr)N1c2ccccc2CCc2ccccc21. The maximum atomic E-state index is 12.5. The average molecular weight is 352 g/mol. The maximum absolute atomic E-state index is 12.5. The van der Waals surface area contributed by atoms with E-state index in [0.717, 1.165) is 35.3 Å². The third kappa shape index (κ3) is 2.25. The lowest BCUT2D eigenvalue weighted by Gasteiger charge is -2.25. The van der Waals surface area contributed by atoms with Gasteiger partial charge in [0.2, 0.25) is 10.0 Å². The minimum Gasteiger partial charge on any atom is -0.237 e. The van der Waals surface area contributed by atoms with Gasteiger partial charge in [0.25, 0.3) is 0 Å². The molecule has 20 heavy (non-hydrogen) atoms. The number of fused-ring (bicyclic) bond motifs is 2. The second-order valence-corrected chi connectivity index (χ2v) is 7.86. The van der Waals surface area contributed by atoms with Crippen LogP contribution in [0.25, 0.3) is 0 Å². The Bertz CT molecular complexity index is 696. The van der Waals surface area contributed by atoms with E-state index in [2.05, 4.69) is 15.9 Å². The molecule has 0 amide bonds. The molecule has 0 spiro atoms. The van der Waals surface area contributed by atoms with Crippen molar-refractivity contribution in [3.8, 4) is 0 Å². The molecule has 0 unspecified atom stereocenters. The number of para-hydroxylation sites is 2. The molecule has 2 aromatic carbocycles. The van der Waals surface area contributed by atoms with Gasteiger partial charge in [0.05, 0.1) is 11.4 Å². The van der Waals surface area contributed by atoms with E-state index in [1.807, 2.05) is 48.5 Å². The van der Waals surface area contributed by atoms with Crippen molar-refractivity contribution >= 4 is 37.3 Å². The fourth-order valence-corrected chi connectivity index (χ4v) is 4.26. The molecule has 0 saturated heterocycles. The van der Waals surface area contributed by atoms with E-state index >= 15 is 0 Å². The Hall–Kier alpha value is -1.33. The summed E-state index contributed by atoms with van der Waals surface area (Å²) in [6.07, 6.45) is 1.70. The average Bonchev–Trinajstić information content (AvgIpc) is 2.64. The first kappa shape index (κ1) is 13.6. The number of hydrogen-bond donors (Lipinski definition) is 0. The number of alkyl halides is 1. The minimum absolute atomic E-state index is 0.0946. The van der Waals surface area contributed by atoms with Crippen molar-refractivity contribution in [3.05, 3.63) is 59.7 Å². The smallest absolute Gasteiger partial charge is 0.237 e. The molecule has 0 atom stereocenters. The van der Waals surface area contributed by atoms with Crippen molar-refractivity contribution < 1.29 is 8.42 Å². The number of benzene rings is 2. The summed E-state index contributed by atoms with van der Waals surface area (Å²) < 4.78 is 26.4. The van der Waals surface area contributed by atoms with E-state index in [-0.39, 0.29) is 4.66 Å². The molecule has 0 radical (unpaired) electrons. The van der Waals surface area contributed by atoms with E-state index in [4.69, 9.17) is 0 Å². The Morgan fingerprint density at radius 2 is 1.35 bits per heavy atom. The fourth-order valence-electron chi connectivity index (χ4n) is 2.59. The summed E-state index contributed by atoms with van der Waals surface area (Å²) in [7, 11) is -3.42. The highest BCUT2D eigenvalue weighted by atomic mass is 79.9. The van der Waals surface area contributed by atoms with Crippen LogP contribution >= 0.6 is 15.9 Å². The van der Waals surface area contributed by atoms with Gasteiger partial charge in [0.1, 0.15) is 4.66 Å². The molecule has 2 aromatic rings. The van der Waals surface area contributed by atoms with Crippen LogP contribution in [0.2, 0.25) is 0 Å². The number of halogens is 1. The number of rotatable bonds is 2. The molecular weight excluding hydrogens is 338 g/mol. The second kappa shape index (κ2) is 5.22. The second-order valence-electron chi connectivity index (χ2n) is 4.74. The van der Waals surface area contributed by atoms with E-state index in [0.29, 0.717) is 0 Å². The summed E-state index contributed by atoms with van der Waals surface area (Å²) in [6.45, 7) is 0. The van der Waals surface area contributed by atoms with Crippen LogP contribution in [0.4, 0.5) is 11.4 Å². The van der Waals surface area contributed by atoms with Crippen molar-refractivity contribution in [2.75, 3.05) is 8.97 Å². The summed E-state index contributed by atoms with van der Waals surface area (Å²) >= 11 is 3.11. The predicted molar refractivity (Wildman–Crippen MR) is 85.1 cm³/mol. The van der Waals surface area contributed by atoms with Gasteiger partial charge in [-0.1, -0.05) is 52.3 Å². The van der Waals surface area contributed by atoms with Gasteiger partial charge in [0, 0.05) is 0 Å². The molecule has 0 aromatic heterocycles. The van der Waals surface area contributed by atoms with Crippen molar-refractivity contribution in [3.63, 3.8) is 0 Å². The molecule has 0 saturated carbocycles. The Morgan fingerprint density at radius 1 is 0.900 bits per heavy atom. The highest BCUT2D eigenvalue weighted by Gasteiger charge is 2.28. The van der Waals surface area contributed by atoms with Gasteiger partial charge in [0.15, 0.2) is 0 Å². The zero-order chi connectivity index (χ0) is 14.2. The molecule has 5 heteroatoms. The summed E-state index contributed by atoms with van der Waals surface area (Å²) in [5.41, 5.74) is 3.65. The standard InChI is InChI=1S/C15H14BrNO2S/c16-11-20(18,19)17-14-7-3-1-5-12(14)9-10-13-6-2-4-8-15(13)17/h1-8H,9-11H2. The van der Waals surface area contributed by atoms with Gasteiger partial charge in [-0.25, -0.2) is 12.7 Å². The third-order valence-corrected chi connectivity index (χ3v) is 6.46. The summed E-state index contributed by atoms with van der Waals surface area (Å²) in [6, 6.07) is 15.4. The maximum Gasteiger partial charge on any atom is 0.249 e. The van der Waals surface area contributed by atoms with Gasteiger partial charge in [-0.15, -0.1) is 0 Å². The fraction of sp³-hybridized carbons (Fsp3) is 0.200. The topological polar surface area (TPSA) is 37.4 Å². The Balaban J connectivity index is 2.30. The number of hydrogen-bond acceptors (Lipinski definition) is 2. The van der Waals surface area contributed by atoms with Crippen LogP contribution in [-0.4, -0.2) is 13.1 Å². The normalized spacial score (nSPS) is 14.3. The van der Waals surface area contributed by atoms with Crippen LogP contribution < -0.4 is 4.31 Å².